The molecule has 2 aliphatic heterocycles. The summed E-state index contributed by atoms with van der Waals surface area (Å²) in [6.45, 7) is 8.84. The Morgan fingerprint density at radius 3 is 2.77 bits per heavy atom. The van der Waals surface area contributed by atoms with Gasteiger partial charge in [0.2, 0.25) is 11.8 Å². The third-order valence-corrected chi connectivity index (χ3v) is 4.68. The van der Waals surface area contributed by atoms with Crippen molar-refractivity contribution in [2.45, 2.75) is 39.4 Å². The van der Waals surface area contributed by atoms with Crippen molar-refractivity contribution in [3.8, 4) is 0 Å². The van der Waals surface area contributed by atoms with Gasteiger partial charge in [0, 0.05) is 26.2 Å². The second-order valence-corrected chi connectivity index (χ2v) is 6.44. The van der Waals surface area contributed by atoms with Crippen LogP contribution in [0.3, 0.4) is 0 Å². The lowest BCUT2D eigenvalue weighted by molar-refractivity contribution is -0.152. The Kier molecular flexibility index (Phi) is 3.91. The first-order valence-electron chi connectivity index (χ1n) is 7.85. The van der Waals surface area contributed by atoms with E-state index in [0.717, 1.165) is 13.1 Å². The molecule has 2 fully saturated rings. The van der Waals surface area contributed by atoms with E-state index in [1.54, 1.807) is 11.8 Å². The van der Waals surface area contributed by atoms with E-state index in [2.05, 4.69) is 42.3 Å². The van der Waals surface area contributed by atoms with E-state index in [1.807, 2.05) is 0 Å². The second kappa shape index (κ2) is 5.72. The number of amides is 2. The summed E-state index contributed by atoms with van der Waals surface area (Å²) in [6.07, 6.45) is 0. The van der Waals surface area contributed by atoms with Gasteiger partial charge in [-0.3, -0.25) is 14.5 Å². The number of hydrogen-bond acceptors (Lipinski definition) is 3. The summed E-state index contributed by atoms with van der Waals surface area (Å²) in [7, 11) is 0. The standard InChI is InChI=1S/C17H23N3O2/c1-11-4-5-12(2)14(8-11)9-19-6-7-20-15(10-19)16(21)18-13(3)17(20)22/h4-5,8,13,15H,6-7,9-10H2,1-3H3,(H,18,21)/t13-,15+/m0/s1. The fraction of sp³-hybridized carbons (Fsp3) is 0.529. The molecule has 2 heterocycles. The highest BCUT2D eigenvalue weighted by Gasteiger charge is 2.41. The van der Waals surface area contributed by atoms with Gasteiger partial charge in [0.05, 0.1) is 0 Å². The fourth-order valence-corrected chi connectivity index (χ4v) is 3.30. The minimum Gasteiger partial charge on any atom is -0.343 e. The molecule has 2 aliphatic rings. The number of carbonyl (C=O) groups excluding carboxylic acids is 2. The number of nitrogens with one attached hydrogen (secondary N) is 1. The molecule has 0 aromatic heterocycles. The summed E-state index contributed by atoms with van der Waals surface area (Å²) >= 11 is 0. The van der Waals surface area contributed by atoms with E-state index in [-0.39, 0.29) is 17.9 Å². The summed E-state index contributed by atoms with van der Waals surface area (Å²) in [5.41, 5.74) is 3.81. The number of benzene rings is 1. The van der Waals surface area contributed by atoms with Crippen molar-refractivity contribution in [3.63, 3.8) is 0 Å². The topological polar surface area (TPSA) is 52.6 Å². The van der Waals surface area contributed by atoms with Gasteiger partial charge in [0.15, 0.2) is 0 Å². The van der Waals surface area contributed by atoms with Crippen LogP contribution in [-0.2, 0) is 16.1 Å². The average molecular weight is 301 g/mol. The predicted octanol–water partition coefficient (Wildman–Crippen LogP) is 0.835. The quantitative estimate of drug-likeness (QED) is 0.880. The van der Waals surface area contributed by atoms with Gasteiger partial charge in [-0.15, -0.1) is 0 Å². The van der Waals surface area contributed by atoms with Gasteiger partial charge in [0.25, 0.3) is 0 Å². The number of piperazine rings is 2. The smallest absolute Gasteiger partial charge is 0.245 e. The molecule has 2 amide bonds. The second-order valence-electron chi connectivity index (χ2n) is 6.44. The first kappa shape index (κ1) is 15.0. The molecule has 0 unspecified atom stereocenters. The molecule has 5 heteroatoms. The van der Waals surface area contributed by atoms with Crippen LogP contribution in [0.25, 0.3) is 0 Å². The lowest BCUT2D eigenvalue weighted by Crippen LogP contribution is -2.68. The Balaban J connectivity index is 1.73. The van der Waals surface area contributed by atoms with E-state index in [0.29, 0.717) is 13.1 Å². The zero-order valence-corrected chi connectivity index (χ0v) is 13.4. The van der Waals surface area contributed by atoms with Crippen LogP contribution >= 0.6 is 0 Å². The van der Waals surface area contributed by atoms with Gasteiger partial charge in [-0.1, -0.05) is 23.8 Å². The highest BCUT2D eigenvalue weighted by molar-refractivity contribution is 5.97. The number of hydrogen-bond donors (Lipinski definition) is 1. The normalized spacial score (nSPS) is 25.9. The van der Waals surface area contributed by atoms with Crippen LogP contribution in [-0.4, -0.2) is 53.3 Å². The maximum Gasteiger partial charge on any atom is 0.245 e. The van der Waals surface area contributed by atoms with Crippen molar-refractivity contribution < 1.29 is 9.59 Å². The van der Waals surface area contributed by atoms with Gasteiger partial charge in [-0.2, -0.15) is 0 Å². The molecule has 0 aliphatic carbocycles. The minimum absolute atomic E-state index is 0.0298. The molecular formula is C17H23N3O2. The third kappa shape index (κ3) is 2.73. The van der Waals surface area contributed by atoms with Crippen LogP contribution in [0, 0.1) is 13.8 Å². The van der Waals surface area contributed by atoms with Crippen molar-refractivity contribution in [2.75, 3.05) is 19.6 Å². The van der Waals surface area contributed by atoms with Gasteiger partial charge in [-0.05, 0) is 31.9 Å². The lowest BCUT2D eigenvalue weighted by atomic mass is 10.0. The number of carbonyl (C=O) groups is 2. The molecule has 5 nitrogen and oxygen atoms in total. The highest BCUT2D eigenvalue weighted by Crippen LogP contribution is 2.19. The van der Waals surface area contributed by atoms with E-state index in [4.69, 9.17) is 0 Å². The molecular weight excluding hydrogens is 278 g/mol. The summed E-state index contributed by atoms with van der Waals surface area (Å²) in [5.74, 6) is 0.00810. The third-order valence-electron chi connectivity index (χ3n) is 4.68. The van der Waals surface area contributed by atoms with Crippen LogP contribution in [0.5, 0.6) is 0 Å². The highest BCUT2D eigenvalue weighted by atomic mass is 16.2. The van der Waals surface area contributed by atoms with Crippen LogP contribution in [0.15, 0.2) is 18.2 Å². The first-order chi connectivity index (χ1) is 10.5. The molecule has 118 valence electrons. The fourth-order valence-electron chi connectivity index (χ4n) is 3.30. The molecule has 2 saturated heterocycles. The first-order valence-corrected chi connectivity index (χ1v) is 7.85. The zero-order valence-electron chi connectivity index (χ0n) is 13.4. The maximum absolute atomic E-state index is 12.2. The molecule has 0 radical (unpaired) electrons. The lowest BCUT2D eigenvalue weighted by Gasteiger charge is -2.44. The van der Waals surface area contributed by atoms with Crippen LogP contribution in [0.4, 0.5) is 0 Å². The Hall–Kier alpha value is -1.88. The maximum atomic E-state index is 12.2. The largest absolute Gasteiger partial charge is 0.343 e. The van der Waals surface area contributed by atoms with Crippen LogP contribution in [0.1, 0.15) is 23.6 Å². The minimum atomic E-state index is -0.394. The van der Waals surface area contributed by atoms with Gasteiger partial charge >= 0.3 is 0 Å². The van der Waals surface area contributed by atoms with Gasteiger partial charge < -0.3 is 10.2 Å². The monoisotopic (exact) mass is 301 g/mol. The van der Waals surface area contributed by atoms with E-state index in [1.165, 1.54) is 16.7 Å². The summed E-state index contributed by atoms with van der Waals surface area (Å²) in [4.78, 5) is 28.3. The predicted molar refractivity (Wildman–Crippen MR) is 84.3 cm³/mol. The number of rotatable bonds is 2. The van der Waals surface area contributed by atoms with Gasteiger partial charge in [0.1, 0.15) is 12.1 Å². The van der Waals surface area contributed by atoms with Crippen LogP contribution in [0.2, 0.25) is 0 Å². The van der Waals surface area contributed by atoms with Crippen molar-refractivity contribution in [1.29, 1.82) is 0 Å². The molecule has 1 N–H and O–H groups in total. The van der Waals surface area contributed by atoms with E-state index < -0.39 is 6.04 Å². The number of nitrogens with zero attached hydrogens (tertiary/aromatic N) is 2. The molecule has 3 rings (SSSR count). The Labute approximate surface area is 131 Å². The van der Waals surface area contributed by atoms with Crippen molar-refractivity contribution in [2.24, 2.45) is 0 Å². The summed E-state index contributed by atoms with van der Waals surface area (Å²) < 4.78 is 0. The molecule has 0 spiro atoms. The molecule has 2 atom stereocenters. The van der Waals surface area contributed by atoms with E-state index >= 15 is 0 Å². The molecule has 22 heavy (non-hydrogen) atoms. The molecule has 1 aromatic rings. The van der Waals surface area contributed by atoms with Crippen molar-refractivity contribution >= 4 is 11.8 Å². The summed E-state index contributed by atoms with van der Waals surface area (Å²) in [6, 6.07) is 5.72. The number of aryl methyl sites for hydroxylation is 2. The zero-order chi connectivity index (χ0) is 15.9. The van der Waals surface area contributed by atoms with E-state index in [9.17, 15) is 9.59 Å². The number of fused-ring (bicyclic) bond motifs is 1. The van der Waals surface area contributed by atoms with Crippen LogP contribution < -0.4 is 5.32 Å². The summed E-state index contributed by atoms with van der Waals surface area (Å²) in [5, 5.41) is 2.78. The Bertz CT molecular complexity index is 614. The molecule has 0 saturated carbocycles. The average Bonchev–Trinajstić information content (AvgIpc) is 2.49. The van der Waals surface area contributed by atoms with Gasteiger partial charge in [-0.25, -0.2) is 0 Å². The SMILES string of the molecule is Cc1ccc(C)c(CN2CCN3C(=O)[C@H](C)NC(=O)[C@H]3C2)c1. The molecule has 1 aromatic carbocycles. The van der Waals surface area contributed by atoms with Crippen molar-refractivity contribution in [3.05, 3.63) is 34.9 Å². The molecule has 0 bridgehead atoms. The van der Waals surface area contributed by atoms with Crippen molar-refractivity contribution in [1.82, 2.24) is 15.1 Å². The Morgan fingerprint density at radius 1 is 1.23 bits per heavy atom. The Morgan fingerprint density at radius 2 is 2.00 bits per heavy atom.